The lowest BCUT2D eigenvalue weighted by atomic mass is 10.1. The van der Waals surface area contributed by atoms with E-state index in [-0.39, 0.29) is 0 Å². The van der Waals surface area contributed by atoms with E-state index in [1.54, 1.807) is 0 Å². The van der Waals surface area contributed by atoms with Crippen molar-refractivity contribution < 1.29 is 18.9 Å². The third kappa shape index (κ3) is 13.6. The van der Waals surface area contributed by atoms with Crippen LogP contribution in [0.25, 0.3) is 0 Å². The molecule has 0 aliphatic heterocycles. The van der Waals surface area contributed by atoms with Gasteiger partial charge in [0.15, 0.2) is 23.0 Å². The van der Waals surface area contributed by atoms with Crippen molar-refractivity contribution in [2.24, 2.45) is 0 Å². The quantitative estimate of drug-likeness (QED) is 0.0623. The Balaban J connectivity index is 1.21. The van der Waals surface area contributed by atoms with E-state index >= 15 is 0 Å². The minimum Gasteiger partial charge on any atom is -0.485 e. The summed E-state index contributed by atoms with van der Waals surface area (Å²) in [5, 5.41) is 7.83. The van der Waals surface area contributed by atoms with Gasteiger partial charge in [-0.1, -0.05) is 133 Å². The Labute approximate surface area is 333 Å². The van der Waals surface area contributed by atoms with Crippen LogP contribution in [0.4, 0.5) is 0 Å². The van der Waals surface area contributed by atoms with Gasteiger partial charge >= 0.3 is 0 Å². The van der Waals surface area contributed by atoms with Crippen LogP contribution in [0.1, 0.15) is 46.2 Å². The lowest BCUT2D eigenvalue weighted by Crippen LogP contribution is -2.28. The highest BCUT2D eigenvalue weighted by Crippen LogP contribution is 2.33. The molecule has 0 saturated carbocycles. The zero-order chi connectivity index (χ0) is 38.5. The Morgan fingerprint density at radius 1 is 0.429 bits per heavy atom. The van der Waals surface area contributed by atoms with E-state index in [0.717, 1.165) is 108 Å². The highest BCUT2D eigenvalue weighted by atomic mass is 16.5. The number of benzene rings is 6. The second-order valence-electron chi connectivity index (χ2n) is 13.9. The van der Waals surface area contributed by atoms with Gasteiger partial charge in [-0.25, -0.2) is 5.32 Å². The van der Waals surface area contributed by atoms with Crippen LogP contribution >= 0.6 is 0 Å². The summed E-state index contributed by atoms with van der Waals surface area (Å²) in [5.41, 5.74) is 6.74. The Morgan fingerprint density at radius 3 is 1.20 bits per heavy atom. The summed E-state index contributed by atoms with van der Waals surface area (Å²) in [4.78, 5) is 2.49. The molecule has 6 aromatic rings. The van der Waals surface area contributed by atoms with Gasteiger partial charge in [-0.05, 0) is 83.6 Å². The van der Waals surface area contributed by atoms with E-state index in [2.05, 4.69) is 88.3 Å². The average Bonchev–Trinajstić information content (AvgIpc) is 3.25. The lowest BCUT2D eigenvalue weighted by molar-refractivity contribution is 0.242. The first-order chi connectivity index (χ1) is 27.7. The molecule has 0 aliphatic rings. The summed E-state index contributed by atoms with van der Waals surface area (Å²) >= 11 is 0. The molecule has 0 aliphatic carbocycles. The molecule has 0 atom stereocenters. The maximum Gasteiger partial charge on any atom is 0.162 e. The van der Waals surface area contributed by atoms with E-state index in [9.17, 15) is 0 Å². The molecule has 0 unspecified atom stereocenters. The van der Waals surface area contributed by atoms with Gasteiger partial charge in [0.1, 0.15) is 26.4 Å². The third-order valence-corrected chi connectivity index (χ3v) is 9.34. The number of hydrogen-bond donors (Lipinski definition) is 1. The minimum absolute atomic E-state index is 0.455. The SMILES string of the molecule is C[N]CCCNCCCN(Cc1ccc(OCc2ccccc2)c(OCc2ccccc2)c1)Cc1ccc(OCc2ccccc2)c(OCc2ccccc2)c1. The van der Waals surface area contributed by atoms with E-state index in [4.69, 9.17) is 18.9 Å². The zero-order valence-electron chi connectivity index (χ0n) is 32.5. The van der Waals surface area contributed by atoms with Crippen molar-refractivity contribution in [2.45, 2.75) is 52.4 Å². The number of rotatable bonds is 24. The molecule has 1 N–H and O–H groups in total. The molecule has 56 heavy (non-hydrogen) atoms. The smallest absolute Gasteiger partial charge is 0.162 e. The molecule has 0 amide bonds. The third-order valence-electron chi connectivity index (χ3n) is 9.34. The summed E-state index contributed by atoms with van der Waals surface area (Å²) in [6.45, 7) is 7.02. The van der Waals surface area contributed by atoms with E-state index < -0.39 is 0 Å². The number of hydrogen-bond acceptors (Lipinski definition) is 6. The van der Waals surface area contributed by atoms with E-state index in [1.165, 1.54) is 0 Å². The van der Waals surface area contributed by atoms with Crippen molar-refractivity contribution in [3.8, 4) is 23.0 Å². The summed E-state index contributed by atoms with van der Waals surface area (Å²) < 4.78 is 25.6. The molecule has 1 radical (unpaired) electrons. The summed E-state index contributed by atoms with van der Waals surface area (Å²) in [7, 11) is 1.87. The number of nitrogens with one attached hydrogen (secondary N) is 1. The van der Waals surface area contributed by atoms with Crippen LogP contribution < -0.4 is 29.6 Å². The fraction of sp³-hybridized carbons (Fsp3) is 0.265. The molecule has 0 saturated heterocycles. The molecule has 7 heteroatoms. The largest absolute Gasteiger partial charge is 0.485 e. The predicted octanol–water partition coefficient (Wildman–Crippen LogP) is 9.61. The monoisotopic (exact) mass is 748 g/mol. The first kappa shape index (κ1) is 40.1. The van der Waals surface area contributed by atoms with Gasteiger partial charge in [-0.15, -0.1) is 0 Å². The summed E-state index contributed by atoms with van der Waals surface area (Å²) in [5.74, 6) is 2.94. The number of ether oxygens (including phenoxy) is 4. The van der Waals surface area contributed by atoms with Gasteiger partial charge in [0.2, 0.25) is 0 Å². The zero-order valence-corrected chi connectivity index (χ0v) is 32.5. The van der Waals surface area contributed by atoms with Gasteiger partial charge < -0.3 is 24.3 Å². The van der Waals surface area contributed by atoms with Crippen LogP contribution in [0.2, 0.25) is 0 Å². The van der Waals surface area contributed by atoms with Crippen LogP contribution in [0, 0.1) is 0 Å². The van der Waals surface area contributed by atoms with Crippen LogP contribution in [0.15, 0.2) is 158 Å². The molecule has 0 heterocycles. The van der Waals surface area contributed by atoms with Crippen LogP contribution in [-0.4, -0.2) is 38.1 Å². The Morgan fingerprint density at radius 2 is 0.804 bits per heavy atom. The molecule has 0 fully saturated rings. The molecular formula is C49H54N3O4. The highest BCUT2D eigenvalue weighted by molar-refractivity contribution is 5.45. The highest BCUT2D eigenvalue weighted by Gasteiger charge is 2.15. The minimum atomic E-state index is 0.455. The first-order valence-electron chi connectivity index (χ1n) is 19.6. The Hall–Kier alpha value is -5.60. The van der Waals surface area contributed by atoms with Crippen molar-refractivity contribution in [3.63, 3.8) is 0 Å². The predicted molar refractivity (Wildman–Crippen MR) is 225 cm³/mol. The second kappa shape index (κ2) is 22.7. The van der Waals surface area contributed by atoms with Crippen LogP contribution in [-0.2, 0) is 39.5 Å². The van der Waals surface area contributed by atoms with Crippen molar-refractivity contribution in [1.29, 1.82) is 0 Å². The first-order valence-corrected chi connectivity index (χ1v) is 19.6. The second-order valence-corrected chi connectivity index (χ2v) is 13.9. The van der Waals surface area contributed by atoms with Crippen molar-refractivity contribution in [1.82, 2.24) is 15.5 Å². The van der Waals surface area contributed by atoms with Crippen molar-refractivity contribution in [2.75, 3.05) is 33.2 Å². The van der Waals surface area contributed by atoms with E-state index in [1.807, 2.05) is 92.0 Å². The Bertz CT molecular complexity index is 1840. The molecule has 289 valence electrons. The maximum atomic E-state index is 6.45. The van der Waals surface area contributed by atoms with Gasteiger partial charge in [-0.2, -0.15) is 0 Å². The normalized spacial score (nSPS) is 11.0. The summed E-state index contributed by atoms with van der Waals surface area (Å²) in [6, 6.07) is 53.6. The molecule has 7 nitrogen and oxygen atoms in total. The van der Waals surface area contributed by atoms with Gasteiger partial charge in [0, 0.05) is 33.2 Å². The van der Waals surface area contributed by atoms with Gasteiger partial charge in [0.25, 0.3) is 0 Å². The molecule has 0 bridgehead atoms. The van der Waals surface area contributed by atoms with Crippen molar-refractivity contribution in [3.05, 3.63) is 191 Å². The number of nitrogens with zero attached hydrogens (tertiary/aromatic N) is 2. The van der Waals surface area contributed by atoms with Crippen molar-refractivity contribution >= 4 is 0 Å². The summed E-state index contributed by atoms with van der Waals surface area (Å²) in [6.07, 6.45) is 2.06. The topological polar surface area (TPSA) is 66.3 Å². The molecule has 0 spiro atoms. The molecule has 0 aromatic heterocycles. The molecular weight excluding hydrogens is 695 g/mol. The van der Waals surface area contributed by atoms with E-state index in [0.29, 0.717) is 26.4 Å². The fourth-order valence-corrected chi connectivity index (χ4v) is 6.35. The van der Waals surface area contributed by atoms with Crippen LogP contribution in [0.3, 0.4) is 0 Å². The van der Waals surface area contributed by atoms with Gasteiger partial charge in [-0.3, -0.25) is 4.90 Å². The van der Waals surface area contributed by atoms with Gasteiger partial charge in [0.05, 0.1) is 0 Å². The van der Waals surface area contributed by atoms with Crippen LogP contribution in [0.5, 0.6) is 23.0 Å². The lowest BCUT2D eigenvalue weighted by Gasteiger charge is -2.24. The molecule has 6 rings (SSSR count). The average molecular weight is 749 g/mol. The Kier molecular flexibility index (Phi) is 16.2. The fourth-order valence-electron chi connectivity index (χ4n) is 6.35. The standard InChI is InChI=1S/C49H54N3O4/c1-50-28-14-29-51-30-15-31-52(34-44-24-26-46(53-36-40-16-6-2-7-17-40)48(32-44)55-38-42-20-10-4-11-21-42)35-45-25-27-47(54-37-41-18-8-3-9-19-41)49(33-45)56-39-43-22-12-5-13-23-43/h2-13,16-27,32-33,51H,14-15,28-31,34-39H2,1H3. The molecule has 6 aromatic carbocycles. The maximum absolute atomic E-state index is 6.45.